The molecule has 1 aromatic rings. The van der Waals surface area contributed by atoms with Gasteiger partial charge in [-0.3, -0.25) is 9.59 Å². The van der Waals surface area contributed by atoms with E-state index in [0.29, 0.717) is 17.0 Å². The van der Waals surface area contributed by atoms with E-state index in [2.05, 4.69) is 15.4 Å². The molecule has 0 aromatic heterocycles. The molecular formula is C14H16N2O4S. The van der Waals surface area contributed by atoms with E-state index in [1.807, 2.05) is 0 Å². The molecule has 0 radical (unpaired) electrons. The summed E-state index contributed by atoms with van der Waals surface area (Å²) < 4.78 is 4.64. The summed E-state index contributed by atoms with van der Waals surface area (Å²) in [6.07, 6.45) is 0. The van der Waals surface area contributed by atoms with Gasteiger partial charge < -0.3 is 15.4 Å². The molecule has 6 nitrogen and oxygen atoms in total. The average Bonchev–Trinajstić information content (AvgIpc) is 2.44. The third kappa shape index (κ3) is 3.36. The third-order valence-corrected chi connectivity index (χ3v) is 4.07. The Morgan fingerprint density at radius 3 is 2.76 bits per heavy atom. The van der Waals surface area contributed by atoms with E-state index in [9.17, 15) is 14.4 Å². The number of hydrogen-bond donors (Lipinski definition) is 2. The SMILES string of the molecule is COC(=O)C(C)(C)NC(=O)c1ccc2c(c1)NC(=O)CS2. The Bertz CT molecular complexity index is 613. The molecular weight excluding hydrogens is 292 g/mol. The zero-order chi connectivity index (χ0) is 15.6. The first-order chi connectivity index (χ1) is 9.83. The Morgan fingerprint density at radius 1 is 1.38 bits per heavy atom. The van der Waals surface area contributed by atoms with Crippen molar-refractivity contribution in [1.29, 1.82) is 0 Å². The minimum absolute atomic E-state index is 0.0973. The molecule has 2 rings (SSSR count). The van der Waals surface area contributed by atoms with Crippen LogP contribution >= 0.6 is 11.8 Å². The van der Waals surface area contributed by atoms with Crippen molar-refractivity contribution in [2.45, 2.75) is 24.3 Å². The molecule has 1 aromatic carbocycles. The number of methoxy groups -OCH3 is 1. The van der Waals surface area contributed by atoms with E-state index in [1.165, 1.54) is 18.9 Å². The van der Waals surface area contributed by atoms with Crippen molar-refractivity contribution in [3.8, 4) is 0 Å². The molecule has 0 saturated heterocycles. The molecule has 2 N–H and O–H groups in total. The van der Waals surface area contributed by atoms with Crippen LogP contribution in [0.5, 0.6) is 0 Å². The van der Waals surface area contributed by atoms with Crippen LogP contribution < -0.4 is 10.6 Å². The van der Waals surface area contributed by atoms with Gasteiger partial charge in [0.15, 0.2) is 0 Å². The van der Waals surface area contributed by atoms with Crippen LogP contribution in [0.15, 0.2) is 23.1 Å². The summed E-state index contributed by atoms with van der Waals surface area (Å²) in [6.45, 7) is 3.12. The summed E-state index contributed by atoms with van der Waals surface area (Å²) >= 11 is 1.42. The van der Waals surface area contributed by atoms with Gasteiger partial charge in [0.05, 0.1) is 18.6 Å². The number of thioether (sulfide) groups is 1. The Morgan fingerprint density at radius 2 is 2.10 bits per heavy atom. The van der Waals surface area contributed by atoms with Crippen molar-refractivity contribution < 1.29 is 19.1 Å². The molecule has 7 heteroatoms. The van der Waals surface area contributed by atoms with Gasteiger partial charge in [-0.15, -0.1) is 11.8 Å². The van der Waals surface area contributed by atoms with E-state index in [1.54, 1.807) is 32.0 Å². The molecule has 1 heterocycles. The van der Waals surface area contributed by atoms with Gasteiger partial charge in [-0.2, -0.15) is 0 Å². The number of nitrogens with one attached hydrogen (secondary N) is 2. The maximum atomic E-state index is 12.2. The summed E-state index contributed by atoms with van der Waals surface area (Å²) in [5.41, 5.74) is -0.145. The second kappa shape index (κ2) is 5.77. The highest BCUT2D eigenvalue weighted by atomic mass is 32.2. The fourth-order valence-electron chi connectivity index (χ4n) is 1.89. The smallest absolute Gasteiger partial charge is 0.330 e. The fourth-order valence-corrected chi connectivity index (χ4v) is 2.68. The van der Waals surface area contributed by atoms with Gasteiger partial charge in [-0.05, 0) is 32.0 Å². The van der Waals surface area contributed by atoms with Crippen LogP contribution in [0.1, 0.15) is 24.2 Å². The maximum absolute atomic E-state index is 12.2. The molecule has 0 aliphatic carbocycles. The zero-order valence-corrected chi connectivity index (χ0v) is 12.8. The molecule has 112 valence electrons. The van der Waals surface area contributed by atoms with Crippen LogP contribution in [0, 0.1) is 0 Å². The van der Waals surface area contributed by atoms with E-state index in [4.69, 9.17) is 0 Å². The van der Waals surface area contributed by atoms with Gasteiger partial charge in [0.2, 0.25) is 5.91 Å². The van der Waals surface area contributed by atoms with Gasteiger partial charge in [0.1, 0.15) is 5.54 Å². The normalized spacial score (nSPS) is 14.0. The number of anilines is 1. The second-order valence-electron chi connectivity index (χ2n) is 5.12. The summed E-state index contributed by atoms with van der Waals surface area (Å²) in [4.78, 5) is 36.1. The lowest BCUT2D eigenvalue weighted by Gasteiger charge is -2.23. The lowest BCUT2D eigenvalue weighted by Crippen LogP contribution is -2.50. The minimum atomic E-state index is -1.13. The van der Waals surface area contributed by atoms with Gasteiger partial charge in [-0.1, -0.05) is 0 Å². The van der Waals surface area contributed by atoms with Crippen molar-refractivity contribution in [2.24, 2.45) is 0 Å². The summed E-state index contributed by atoms with van der Waals surface area (Å²) in [5.74, 6) is -0.663. The predicted octanol–water partition coefficient (Wildman–Crippen LogP) is 1.41. The standard InChI is InChI=1S/C14H16N2O4S/c1-14(2,13(19)20-3)16-12(18)8-4-5-10-9(6-8)15-11(17)7-21-10/h4-6H,7H2,1-3H3,(H,15,17)(H,16,18). The molecule has 21 heavy (non-hydrogen) atoms. The first-order valence-corrected chi connectivity index (χ1v) is 7.29. The Kier molecular flexibility index (Phi) is 4.22. The number of carbonyl (C=O) groups is 3. The fraction of sp³-hybridized carbons (Fsp3) is 0.357. The van der Waals surface area contributed by atoms with Gasteiger partial charge in [0.25, 0.3) is 5.91 Å². The number of esters is 1. The van der Waals surface area contributed by atoms with Crippen molar-refractivity contribution in [2.75, 3.05) is 18.2 Å². The number of benzene rings is 1. The van der Waals surface area contributed by atoms with Gasteiger partial charge in [0, 0.05) is 10.5 Å². The predicted molar refractivity (Wildman–Crippen MR) is 79.4 cm³/mol. The van der Waals surface area contributed by atoms with Crippen LogP contribution in [0.4, 0.5) is 5.69 Å². The third-order valence-electron chi connectivity index (χ3n) is 3.00. The topological polar surface area (TPSA) is 84.5 Å². The zero-order valence-electron chi connectivity index (χ0n) is 12.0. The van der Waals surface area contributed by atoms with Crippen molar-refractivity contribution in [3.05, 3.63) is 23.8 Å². The Hall–Kier alpha value is -2.02. The molecule has 1 aliphatic rings. The molecule has 0 bridgehead atoms. The maximum Gasteiger partial charge on any atom is 0.330 e. The second-order valence-corrected chi connectivity index (χ2v) is 6.14. The number of amides is 2. The van der Waals surface area contributed by atoms with Crippen molar-refractivity contribution in [1.82, 2.24) is 5.32 Å². The first kappa shape index (κ1) is 15.4. The monoisotopic (exact) mass is 308 g/mol. The molecule has 2 amide bonds. The molecule has 0 fully saturated rings. The highest BCUT2D eigenvalue weighted by Crippen LogP contribution is 2.32. The van der Waals surface area contributed by atoms with Crippen molar-refractivity contribution >= 4 is 35.2 Å². The molecule has 0 unspecified atom stereocenters. The summed E-state index contributed by atoms with van der Waals surface area (Å²) in [7, 11) is 1.27. The molecule has 0 atom stereocenters. The van der Waals surface area contributed by atoms with Crippen LogP contribution in [-0.2, 0) is 14.3 Å². The van der Waals surface area contributed by atoms with Crippen LogP contribution in [0.2, 0.25) is 0 Å². The first-order valence-electron chi connectivity index (χ1n) is 6.31. The van der Waals surface area contributed by atoms with Crippen LogP contribution in [0.25, 0.3) is 0 Å². The van der Waals surface area contributed by atoms with E-state index >= 15 is 0 Å². The Labute approximate surface area is 126 Å². The number of hydrogen-bond acceptors (Lipinski definition) is 5. The van der Waals surface area contributed by atoms with Crippen molar-refractivity contribution in [3.63, 3.8) is 0 Å². The highest BCUT2D eigenvalue weighted by Gasteiger charge is 2.31. The van der Waals surface area contributed by atoms with E-state index in [0.717, 1.165) is 4.90 Å². The summed E-state index contributed by atoms with van der Waals surface area (Å²) in [5, 5.41) is 5.33. The van der Waals surface area contributed by atoms with Gasteiger partial charge >= 0.3 is 5.97 Å². The number of fused-ring (bicyclic) bond motifs is 1. The molecule has 1 aliphatic heterocycles. The number of ether oxygens (including phenoxy) is 1. The minimum Gasteiger partial charge on any atom is -0.467 e. The van der Waals surface area contributed by atoms with Gasteiger partial charge in [-0.25, -0.2) is 4.79 Å². The molecule has 0 spiro atoms. The average molecular weight is 308 g/mol. The highest BCUT2D eigenvalue weighted by molar-refractivity contribution is 8.00. The molecule has 0 saturated carbocycles. The largest absolute Gasteiger partial charge is 0.467 e. The summed E-state index contributed by atoms with van der Waals surface area (Å²) in [6, 6.07) is 5.04. The van der Waals surface area contributed by atoms with E-state index in [-0.39, 0.29) is 5.91 Å². The lowest BCUT2D eigenvalue weighted by molar-refractivity contribution is -0.146. The van der Waals surface area contributed by atoms with E-state index < -0.39 is 17.4 Å². The number of carbonyl (C=O) groups excluding carboxylic acids is 3. The van der Waals surface area contributed by atoms with Crippen LogP contribution in [0.3, 0.4) is 0 Å². The Balaban J connectivity index is 2.19. The lowest BCUT2D eigenvalue weighted by atomic mass is 10.0. The quantitative estimate of drug-likeness (QED) is 0.825. The van der Waals surface area contributed by atoms with Crippen LogP contribution in [-0.4, -0.2) is 36.2 Å². The number of rotatable bonds is 3.